The van der Waals surface area contributed by atoms with Crippen LogP contribution < -0.4 is 4.74 Å². The summed E-state index contributed by atoms with van der Waals surface area (Å²) in [5, 5.41) is 30.8. The average molecular weight is 260 g/mol. The number of nitrogens with zero attached hydrogens (tertiary/aromatic N) is 6. The Bertz CT molecular complexity index is 660. The number of nitro benzene ring substituents is 1. The van der Waals surface area contributed by atoms with Crippen molar-refractivity contribution >= 4 is 5.69 Å². The molecule has 0 radical (unpaired) electrons. The second kappa shape index (κ2) is 5.09. The van der Waals surface area contributed by atoms with Gasteiger partial charge in [-0.1, -0.05) is 0 Å². The first-order valence-electron chi connectivity index (χ1n) is 5.14. The predicted molar refractivity (Wildman–Crippen MR) is 60.9 cm³/mol. The number of hydrogen-bond donors (Lipinski definition) is 0. The predicted octanol–water partition coefficient (Wildman–Crippen LogP) is 0.569. The molecule has 0 atom stereocenters. The van der Waals surface area contributed by atoms with Crippen molar-refractivity contribution in [2.24, 2.45) is 7.05 Å². The van der Waals surface area contributed by atoms with Crippen molar-refractivity contribution in [3.8, 4) is 11.8 Å². The lowest BCUT2D eigenvalue weighted by Crippen LogP contribution is -2.01. The van der Waals surface area contributed by atoms with Crippen LogP contribution in [0.15, 0.2) is 18.2 Å². The number of ether oxygens (including phenoxy) is 1. The van der Waals surface area contributed by atoms with Gasteiger partial charge in [0.15, 0.2) is 12.4 Å². The number of hydrogen-bond acceptors (Lipinski definition) is 7. The van der Waals surface area contributed by atoms with Crippen LogP contribution in [0.5, 0.6) is 5.75 Å². The Labute approximate surface area is 107 Å². The number of benzene rings is 1. The third-order valence-corrected chi connectivity index (χ3v) is 2.19. The molecule has 9 nitrogen and oxygen atoms in total. The molecule has 0 bridgehead atoms. The molecule has 0 spiro atoms. The van der Waals surface area contributed by atoms with Crippen molar-refractivity contribution in [3.63, 3.8) is 0 Å². The van der Waals surface area contributed by atoms with Gasteiger partial charge in [-0.25, -0.2) is 0 Å². The number of aryl methyl sites for hydroxylation is 1. The summed E-state index contributed by atoms with van der Waals surface area (Å²) in [7, 11) is 1.60. The number of tetrazole rings is 1. The van der Waals surface area contributed by atoms with E-state index in [0.717, 1.165) is 6.07 Å². The fourth-order valence-corrected chi connectivity index (χ4v) is 1.38. The highest BCUT2D eigenvalue weighted by Gasteiger charge is 2.16. The van der Waals surface area contributed by atoms with Crippen molar-refractivity contribution in [2.75, 3.05) is 0 Å². The summed E-state index contributed by atoms with van der Waals surface area (Å²) in [6.45, 7) is -0.0411. The van der Waals surface area contributed by atoms with Crippen LogP contribution in [-0.4, -0.2) is 25.1 Å². The van der Waals surface area contributed by atoms with Crippen LogP contribution >= 0.6 is 0 Å². The van der Waals surface area contributed by atoms with Crippen molar-refractivity contribution in [1.29, 1.82) is 5.26 Å². The minimum absolute atomic E-state index is 0.0411. The molecule has 1 aromatic carbocycles. The highest BCUT2D eigenvalue weighted by molar-refractivity contribution is 5.51. The van der Waals surface area contributed by atoms with Crippen molar-refractivity contribution in [1.82, 2.24) is 20.2 Å². The summed E-state index contributed by atoms with van der Waals surface area (Å²) in [4.78, 5) is 11.5. The average Bonchev–Trinajstić information content (AvgIpc) is 2.82. The highest BCUT2D eigenvalue weighted by atomic mass is 16.6. The summed E-state index contributed by atoms with van der Waals surface area (Å²) in [5.74, 6) is 0.359. The fraction of sp³-hybridized carbons (Fsp3) is 0.200. The van der Waals surface area contributed by atoms with Crippen molar-refractivity contribution in [3.05, 3.63) is 39.7 Å². The molecule has 0 saturated carbocycles. The molecule has 0 unspecified atom stereocenters. The van der Waals surface area contributed by atoms with Gasteiger partial charge in [-0.15, -0.1) is 10.2 Å². The molecular formula is C10H8N6O3. The van der Waals surface area contributed by atoms with Crippen LogP contribution in [0.3, 0.4) is 0 Å². The lowest BCUT2D eigenvalue weighted by molar-refractivity contribution is -0.386. The Morgan fingerprint density at radius 2 is 2.37 bits per heavy atom. The number of nitro groups is 1. The minimum atomic E-state index is -0.611. The molecule has 9 heteroatoms. The topological polar surface area (TPSA) is 120 Å². The minimum Gasteiger partial charge on any atom is -0.478 e. The zero-order valence-corrected chi connectivity index (χ0v) is 9.85. The Kier molecular flexibility index (Phi) is 3.33. The molecule has 1 heterocycles. The van der Waals surface area contributed by atoms with Crippen LogP contribution in [0.1, 0.15) is 11.4 Å². The molecule has 0 amide bonds. The van der Waals surface area contributed by atoms with Crippen LogP contribution in [0.25, 0.3) is 0 Å². The monoisotopic (exact) mass is 260 g/mol. The summed E-state index contributed by atoms with van der Waals surface area (Å²) < 4.78 is 5.27. The zero-order valence-electron chi connectivity index (χ0n) is 9.85. The second-order valence-electron chi connectivity index (χ2n) is 3.54. The van der Waals surface area contributed by atoms with E-state index >= 15 is 0 Å². The van der Waals surface area contributed by atoms with Crippen LogP contribution in [0.2, 0.25) is 0 Å². The summed E-state index contributed by atoms with van der Waals surface area (Å²) in [6.07, 6.45) is 0. The van der Waals surface area contributed by atoms with Crippen LogP contribution in [-0.2, 0) is 13.7 Å². The summed E-state index contributed by atoms with van der Waals surface area (Å²) >= 11 is 0. The third kappa shape index (κ3) is 2.81. The molecule has 0 N–H and O–H groups in total. The molecule has 0 saturated heterocycles. The highest BCUT2D eigenvalue weighted by Crippen LogP contribution is 2.28. The number of nitriles is 1. The third-order valence-electron chi connectivity index (χ3n) is 2.19. The van der Waals surface area contributed by atoms with Gasteiger partial charge in [0, 0.05) is 6.07 Å². The molecule has 0 aliphatic heterocycles. The Hall–Kier alpha value is -3.02. The van der Waals surface area contributed by atoms with Gasteiger partial charge in [-0.3, -0.25) is 10.1 Å². The quantitative estimate of drug-likeness (QED) is 0.582. The van der Waals surface area contributed by atoms with Crippen LogP contribution in [0, 0.1) is 21.4 Å². The first kappa shape index (κ1) is 12.4. The lowest BCUT2D eigenvalue weighted by Gasteiger charge is -2.04. The van der Waals surface area contributed by atoms with Gasteiger partial charge >= 0.3 is 5.69 Å². The second-order valence-corrected chi connectivity index (χ2v) is 3.54. The van der Waals surface area contributed by atoms with Gasteiger partial charge in [0.05, 0.1) is 23.6 Å². The van der Waals surface area contributed by atoms with E-state index in [1.807, 2.05) is 6.07 Å². The maximum Gasteiger partial charge on any atom is 0.312 e. The zero-order chi connectivity index (χ0) is 13.8. The molecule has 0 fully saturated rings. The SMILES string of the molecule is Cn1nnc(COc2ccc(C#N)cc2[N+](=O)[O-])n1. The number of aromatic nitrogens is 4. The largest absolute Gasteiger partial charge is 0.478 e. The van der Waals surface area contributed by atoms with Gasteiger partial charge in [0.2, 0.25) is 5.82 Å². The van der Waals surface area contributed by atoms with E-state index in [9.17, 15) is 10.1 Å². The molecular weight excluding hydrogens is 252 g/mol. The molecule has 2 aromatic rings. The van der Waals surface area contributed by atoms with Crippen molar-refractivity contribution < 1.29 is 9.66 Å². The smallest absolute Gasteiger partial charge is 0.312 e. The van der Waals surface area contributed by atoms with Gasteiger partial charge in [-0.05, 0) is 17.3 Å². The molecule has 0 aliphatic carbocycles. The maximum atomic E-state index is 10.9. The summed E-state index contributed by atoms with van der Waals surface area (Å²) in [5.41, 5.74) is -0.0837. The van der Waals surface area contributed by atoms with Crippen molar-refractivity contribution in [2.45, 2.75) is 6.61 Å². The van der Waals surface area contributed by atoms with E-state index < -0.39 is 4.92 Å². The first-order chi connectivity index (χ1) is 9.10. The van der Waals surface area contributed by atoms with Gasteiger partial charge in [-0.2, -0.15) is 10.1 Å². The first-order valence-corrected chi connectivity index (χ1v) is 5.14. The van der Waals surface area contributed by atoms with E-state index in [1.54, 1.807) is 7.05 Å². The standard InChI is InChI=1S/C10H8N6O3/c1-15-13-10(12-14-15)6-19-9-3-2-7(5-11)4-8(9)16(17)18/h2-4H,6H2,1H3. The normalized spacial score (nSPS) is 9.89. The van der Waals surface area contributed by atoms with Gasteiger partial charge in [0.1, 0.15) is 0 Å². The van der Waals surface area contributed by atoms with Gasteiger partial charge in [0.25, 0.3) is 0 Å². The van der Waals surface area contributed by atoms with E-state index in [1.165, 1.54) is 16.9 Å². The van der Waals surface area contributed by atoms with Gasteiger partial charge < -0.3 is 4.74 Å². The summed E-state index contributed by atoms with van der Waals surface area (Å²) in [6, 6.07) is 5.79. The van der Waals surface area contributed by atoms with E-state index in [2.05, 4.69) is 15.4 Å². The van der Waals surface area contributed by atoms with E-state index in [0.29, 0.717) is 5.82 Å². The number of rotatable bonds is 4. The molecule has 96 valence electrons. The Balaban J connectivity index is 2.20. The van der Waals surface area contributed by atoms with Crippen LogP contribution in [0.4, 0.5) is 5.69 Å². The fourth-order valence-electron chi connectivity index (χ4n) is 1.38. The molecule has 19 heavy (non-hydrogen) atoms. The lowest BCUT2D eigenvalue weighted by atomic mass is 10.2. The van der Waals surface area contributed by atoms with E-state index in [-0.39, 0.29) is 23.6 Å². The molecule has 2 rings (SSSR count). The Morgan fingerprint density at radius 3 is 2.95 bits per heavy atom. The Morgan fingerprint density at radius 1 is 1.58 bits per heavy atom. The van der Waals surface area contributed by atoms with E-state index in [4.69, 9.17) is 10.00 Å². The maximum absolute atomic E-state index is 10.9. The molecule has 1 aromatic heterocycles. The molecule has 0 aliphatic rings.